The summed E-state index contributed by atoms with van der Waals surface area (Å²) in [6.45, 7) is -0.215. The van der Waals surface area contributed by atoms with E-state index in [2.05, 4.69) is 15.5 Å². The standard InChI is InChI=1S/C17H13Cl2N3O4/c1-24-13-2-4-14(5-3-13)25-9-15(23)20-17-22-21-16(26-17)10-6-11(18)8-12(19)7-10/h2-8H,9H2,1H3,(H,20,22,23). The second kappa shape index (κ2) is 8.07. The summed E-state index contributed by atoms with van der Waals surface area (Å²) < 4.78 is 15.8. The van der Waals surface area contributed by atoms with Crippen molar-refractivity contribution in [2.45, 2.75) is 0 Å². The molecular formula is C17H13Cl2N3O4. The molecular weight excluding hydrogens is 381 g/mol. The smallest absolute Gasteiger partial charge is 0.322 e. The minimum Gasteiger partial charge on any atom is -0.497 e. The first-order chi connectivity index (χ1) is 12.5. The number of benzene rings is 2. The van der Waals surface area contributed by atoms with E-state index < -0.39 is 5.91 Å². The van der Waals surface area contributed by atoms with Crippen LogP contribution in [-0.2, 0) is 4.79 Å². The van der Waals surface area contributed by atoms with Crippen molar-refractivity contribution in [1.82, 2.24) is 10.2 Å². The van der Waals surface area contributed by atoms with E-state index in [9.17, 15) is 4.79 Å². The number of carbonyl (C=O) groups is 1. The molecule has 0 saturated heterocycles. The lowest BCUT2D eigenvalue weighted by Gasteiger charge is -2.06. The van der Waals surface area contributed by atoms with Gasteiger partial charge in [-0.15, -0.1) is 5.10 Å². The first-order valence-corrected chi connectivity index (χ1v) is 8.16. The molecule has 0 bridgehead atoms. The van der Waals surface area contributed by atoms with Crippen molar-refractivity contribution in [3.05, 3.63) is 52.5 Å². The molecule has 0 aliphatic rings. The summed E-state index contributed by atoms with van der Waals surface area (Å²) >= 11 is 11.9. The number of nitrogens with zero attached hydrogens (tertiary/aromatic N) is 2. The number of ether oxygens (including phenoxy) is 2. The van der Waals surface area contributed by atoms with Crippen LogP contribution in [0.25, 0.3) is 11.5 Å². The van der Waals surface area contributed by atoms with Crippen LogP contribution < -0.4 is 14.8 Å². The van der Waals surface area contributed by atoms with Crippen LogP contribution in [0.15, 0.2) is 46.9 Å². The summed E-state index contributed by atoms with van der Waals surface area (Å²) in [5.74, 6) is 0.961. The first-order valence-electron chi connectivity index (χ1n) is 7.40. The summed E-state index contributed by atoms with van der Waals surface area (Å²) in [6, 6.07) is 11.6. The highest BCUT2D eigenvalue weighted by Gasteiger charge is 2.13. The van der Waals surface area contributed by atoms with Crippen molar-refractivity contribution in [3.63, 3.8) is 0 Å². The molecule has 0 aliphatic heterocycles. The van der Waals surface area contributed by atoms with Crippen LogP contribution in [-0.4, -0.2) is 29.8 Å². The van der Waals surface area contributed by atoms with Crippen LogP contribution in [0, 0.1) is 0 Å². The Balaban J connectivity index is 1.58. The molecule has 26 heavy (non-hydrogen) atoms. The van der Waals surface area contributed by atoms with Gasteiger partial charge in [0.05, 0.1) is 7.11 Å². The fraction of sp³-hybridized carbons (Fsp3) is 0.118. The summed E-state index contributed by atoms with van der Waals surface area (Å²) in [7, 11) is 1.57. The van der Waals surface area contributed by atoms with Gasteiger partial charge >= 0.3 is 6.01 Å². The Hall–Kier alpha value is -2.77. The van der Waals surface area contributed by atoms with Crippen molar-refractivity contribution in [1.29, 1.82) is 0 Å². The van der Waals surface area contributed by atoms with Crippen LogP contribution in [0.2, 0.25) is 10.0 Å². The highest BCUT2D eigenvalue weighted by molar-refractivity contribution is 6.35. The van der Waals surface area contributed by atoms with Crippen molar-refractivity contribution in [2.24, 2.45) is 0 Å². The number of rotatable bonds is 6. The number of amides is 1. The second-order valence-electron chi connectivity index (χ2n) is 5.08. The quantitative estimate of drug-likeness (QED) is 0.678. The van der Waals surface area contributed by atoms with Gasteiger partial charge in [-0.1, -0.05) is 28.3 Å². The van der Waals surface area contributed by atoms with Crippen molar-refractivity contribution in [3.8, 4) is 23.0 Å². The molecule has 3 rings (SSSR count). The Morgan fingerprint density at radius 1 is 1.08 bits per heavy atom. The van der Waals surface area contributed by atoms with E-state index in [1.165, 1.54) is 0 Å². The highest BCUT2D eigenvalue weighted by Crippen LogP contribution is 2.27. The molecule has 7 nitrogen and oxygen atoms in total. The number of halogens is 2. The summed E-state index contributed by atoms with van der Waals surface area (Å²) in [4.78, 5) is 11.9. The van der Waals surface area contributed by atoms with Gasteiger partial charge in [0.2, 0.25) is 5.89 Å². The fourth-order valence-electron chi connectivity index (χ4n) is 2.04. The number of carbonyl (C=O) groups excluding carboxylic acids is 1. The van der Waals surface area contributed by atoms with Crippen LogP contribution >= 0.6 is 23.2 Å². The normalized spacial score (nSPS) is 10.4. The van der Waals surface area contributed by atoms with Gasteiger partial charge in [0, 0.05) is 15.6 Å². The minimum atomic E-state index is -0.444. The topological polar surface area (TPSA) is 86.5 Å². The predicted octanol–water partition coefficient (Wildman–Crippen LogP) is 4.07. The van der Waals surface area contributed by atoms with E-state index in [-0.39, 0.29) is 18.5 Å². The number of nitrogens with one attached hydrogen (secondary N) is 1. The van der Waals surface area contributed by atoms with Gasteiger partial charge in [-0.05, 0) is 42.5 Å². The molecule has 134 valence electrons. The van der Waals surface area contributed by atoms with Gasteiger partial charge < -0.3 is 13.9 Å². The SMILES string of the molecule is COc1ccc(OCC(=O)Nc2nnc(-c3cc(Cl)cc(Cl)c3)o2)cc1. The lowest BCUT2D eigenvalue weighted by molar-refractivity contribution is -0.118. The van der Waals surface area contributed by atoms with Gasteiger partial charge in [-0.3, -0.25) is 10.1 Å². The third-order valence-electron chi connectivity index (χ3n) is 3.21. The molecule has 0 saturated carbocycles. The largest absolute Gasteiger partial charge is 0.497 e. The Morgan fingerprint density at radius 2 is 1.73 bits per heavy atom. The molecule has 0 radical (unpaired) electrons. The van der Waals surface area contributed by atoms with Crippen molar-refractivity contribution >= 4 is 35.1 Å². The summed E-state index contributed by atoms with van der Waals surface area (Å²) in [5, 5.41) is 10.9. The molecule has 1 N–H and O–H groups in total. The van der Waals surface area contributed by atoms with Gasteiger partial charge in [0.25, 0.3) is 5.91 Å². The third-order valence-corrected chi connectivity index (χ3v) is 3.65. The molecule has 1 heterocycles. The summed E-state index contributed by atoms with van der Waals surface area (Å²) in [5.41, 5.74) is 0.546. The molecule has 2 aromatic carbocycles. The molecule has 0 fully saturated rings. The Kier molecular flexibility index (Phi) is 5.60. The predicted molar refractivity (Wildman–Crippen MR) is 96.9 cm³/mol. The average Bonchev–Trinajstić information content (AvgIpc) is 3.08. The molecule has 1 amide bonds. The van der Waals surface area contributed by atoms with Crippen LogP contribution in [0.5, 0.6) is 11.5 Å². The maximum Gasteiger partial charge on any atom is 0.322 e. The molecule has 0 unspecified atom stereocenters. The van der Waals surface area contributed by atoms with E-state index in [4.69, 9.17) is 37.1 Å². The van der Waals surface area contributed by atoms with Gasteiger partial charge in [-0.2, -0.15) is 0 Å². The third kappa shape index (κ3) is 4.65. The van der Waals surface area contributed by atoms with Gasteiger partial charge in [0.1, 0.15) is 11.5 Å². The van der Waals surface area contributed by atoms with E-state index in [0.29, 0.717) is 27.1 Å². The molecule has 0 atom stereocenters. The van der Waals surface area contributed by atoms with E-state index in [1.807, 2.05) is 0 Å². The lowest BCUT2D eigenvalue weighted by Crippen LogP contribution is -2.20. The van der Waals surface area contributed by atoms with Crippen LogP contribution in [0.4, 0.5) is 6.01 Å². The van der Waals surface area contributed by atoms with E-state index in [1.54, 1.807) is 49.6 Å². The number of methoxy groups -OCH3 is 1. The highest BCUT2D eigenvalue weighted by atomic mass is 35.5. The van der Waals surface area contributed by atoms with Crippen LogP contribution in [0.3, 0.4) is 0 Å². The zero-order valence-corrected chi connectivity index (χ0v) is 15.0. The number of hydrogen-bond donors (Lipinski definition) is 1. The zero-order valence-electron chi connectivity index (χ0n) is 13.5. The van der Waals surface area contributed by atoms with E-state index >= 15 is 0 Å². The lowest BCUT2D eigenvalue weighted by atomic mass is 10.2. The molecule has 1 aromatic heterocycles. The molecule has 9 heteroatoms. The van der Waals surface area contributed by atoms with Crippen molar-refractivity contribution < 1.29 is 18.7 Å². The molecule has 3 aromatic rings. The minimum absolute atomic E-state index is 0.0561. The van der Waals surface area contributed by atoms with E-state index in [0.717, 1.165) is 0 Å². The first kappa shape index (κ1) is 18.0. The Labute approximate surface area is 158 Å². The average molecular weight is 394 g/mol. The number of hydrogen-bond acceptors (Lipinski definition) is 6. The maximum absolute atomic E-state index is 11.9. The maximum atomic E-state index is 11.9. The Morgan fingerprint density at radius 3 is 2.38 bits per heavy atom. The zero-order chi connectivity index (χ0) is 18.5. The van der Waals surface area contributed by atoms with Gasteiger partial charge in [-0.25, -0.2) is 0 Å². The van der Waals surface area contributed by atoms with Crippen molar-refractivity contribution in [2.75, 3.05) is 19.0 Å². The molecule has 0 aliphatic carbocycles. The fourth-order valence-corrected chi connectivity index (χ4v) is 2.57. The molecule has 0 spiro atoms. The summed E-state index contributed by atoms with van der Waals surface area (Å²) in [6.07, 6.45) is 0. The monoisotopic (exact) mass is 393 g/mol. The van der Waals surface area contributed by atoms with Gasteiger partial charge in [0.15, 0.2) is 6.61 Å². The Bertz CT molecular complexity index is 892. The number of aromatic nitrogens is 2. The van der Waals surface area contributed by atoms with Crippen LogP contribution in [0.1, 0.15) is 0 Å². The second-order valence-corrected chi connectivity index (χ2v) is 5.96. The number of anilines is 1.